The second-order valence-corrected chi connectivity index (χ2v) is 8.24. The fourth-order valence-electron chi connectivity index (χ4n) is 3.97. The van der Waals surface area contributed by atoms with E-state index in [1.807, 2.05) is 12.1 Å². The third kappa shape index (κ3) is 4.79. The molecule has 0 fully saturated rings. The SMILES string of the molecule is CCN(CC)CCOc1ccc(-n2c(-c3ccc(Cl)cc3)cc3cc(C)ccc32)cc1. The summed E-state index contributed by atoms with van der Waals surface area (Å²) in [6.07, 6.45) is 0. The van der Waals surface area contributed by atoms with E-state index in [0.717, 1.165) is 47.4 Å². The Morgan fingerprint density at radius 2 is 1.58 bits per heavy atom. The van der Waals surface area contributed by atoms with Crippen molar-refractivity contribution in [2.45, 2.75) is 20.8 Å². The quantitative estimate of drug-likeness (QED) is 0.299. The fourth-order valence-corrected chi connectivity index (χ4v) is 4.10. The summed E-state index contributed by atoms with van der Waals surface area (Å²) in [7, 11) is 0. The van der Waals surface area contributed by atoms with Crippen LogP contribution in [0.5, 0.6) is 5.75 Å². The fraction of sp³-hybridized carbons (Fsp3) is 0.259. The molecule has 0 saturated carbocycles. The molecule has 3 nitrogen and oxygen atoms in total. The second-order valence-electron chi connectivity index (χ2n) is 7.80. The maximum Gasteiger partial charge on any atom is 0.119 e. The maximum atomic E-state index is 6.13. The van der Waals surface area contributed by atoms with Crippen LogP contribution in [-0.4, -0.2) is 35.7 Å². The molecule has 4 rings (SSSR count). The van der Waals surface area contributed by atoms with Crippen LogP contribution in [0.1, 0.15) is 19.4 Å². The molecule has 0 bridgehead atoms. The molecule has 3 aromatic carbocycles. The Bertz CT molecular complexity index is 1140. The molecule has 0 saturated heterocycles. The van der Waals surface area contributed by atoms with E-state index in [4.69, 9.17) is 16.3 Å². The summed E-state index contributed by atoms with van der Waals surface area (Å²) in [5.41, 5.74) is 5.83. The van der Waals surface area contributed by atoms with Crippen LogP contribution in [0.25, 0.3) is 27.8 Å². The van der Waals surface area contributed by atoms with Gasteiger partial charge < -0.3 is 14.2 Å². The largest absolute Gasteiger partial charge is 0.492 e. The van der Waals surface area contributed by atoms with Gasteiger partial charge in [0.25, 0.3) is 0 Å². The monoisotopic (exact) mass is 432 g/mol. The van der Waals surface area contributed by atoms with Crippen molar-refractivity contribution in [2.24, 2.45) is 0 Å². The predicted molar refractivity (Wildman–Crippen MR) is 132 cm³/mol. The molecule has 0 amide bonds. The zero-order valence-corrected chi connectivity index (χ0v) is 19.2. The molecule has 0 aliphatic heterocycles. The number of halogens is 1. The van der Waals surface area contributed by atoms with Crippen LogP contribution in [0.15, 0.2) is 72.8 Å². The lowest BCUT2D eigenvalue weighted by Crippen LogP contribution is -2.27. The van der Waals surface area contributed by atoms with Crippen molar-refractivity contribution in [3.05, 3.63) is 83.4 Å². The number of rotatable bonds is 8. The minimum atomic E-state index is 0.697. The highest BCUT2D eigenvalue weighted by molar-refractivity contribution is 6.30. The Balaban J connectivity index is 1.66. The van der Waals surface area contributed by atoms with Crippen LogP contribution in [0.3, 0.4) is 0 Å². The summed E-state index contributed by atoms with van der Waals surface area (Å²) in [5.74, 6) is 0.899. The molecule has 160 valence electrons. The Morgan fingerprint density at radius 1 is 0.871 bits per heavy atom. The highest BCUT2D eigenvalue weighted by Gasteiger charge is 2.13. The minimum Gasteiger partial charge on any atom is -0.492 e. The average Bonchev–Trinajstić information content (AvgIpc) is 3.16. The first-order valence-electron chi connectivity index (χ1n) is 10.9. The number of likely N-dealkylation sites (N-methyl/N-ethyl adjacent to an activating group) is 1. The number of fused-ring (bicyclic) bond motifs is 1. The Hall–Kier alpha value is -2.75. The van der Waals surface area contributed by atoms with Crippen LogP contribution in [-0.2, 0) is 0 Å². The van der Waals surface area contributed by atoms with Crippen LogP contribution in [0.2, 0.25) is 5.02 Å². The predicted octanol–water partition coefficient (Wildman–Crippen LogP) is 6.98. The molecule has 0 aliphatic rings. The van der Waals surface area contributed by atoms with Crippen LogP contribution < -0.4 is 4.74 Å². The first-order valence-corrected chi connectivity index (χ1v) is 11.3. The lowest BCUT2D eigenvalue weighted by molar-refractivity contribution is 0.223. The summed E-state index contributed by atoms with van der Waals surface area (Å²) in [6, 6.07) is 25.2. The van der Waals surface area contributed by atoms with Gasteiger partial charge in [-0.2, -0.15) is 0 Å². The van der Waals surface area contributed by atoms with Gasteiger partial charge in [0, 0.05) is 22.6 Å². The van der Waals surface area contributed by atoms with Crippen molar-refractivity contribution in [1.82, 2.24) is 9.47 Å². The van der Waals surface area contributed by atoms with Gasteiger partial charge in [0.2, 0.25) is 0 Å². The van der Waals surface area contributed by atoms with Gasteiger partial charge >= 0.3 is 0 Å². The molecule has 0 atom stereocenters. The molecular weight excluding hydrogens is 404 g/mol. The topological polar surface area (TPSA) is 17.4 Å². The molecule has 0 aliphatic carbocycles. The van der Waals surface area contributed by atoms with Gasteiger partial charge in [0.1, 0.15) is 12.4 Å². The van der Waals surface area contributed by atoms with E-state index < -0.39 is 0 Å². The minimum absolute atomic E-state index is 0.697. The zero-order valence-electron chi connectivity index (χ0n) is 18.4. The smallest absolute Gasteiger partial charge is 0.119 e. The number of nitrogens with zero attached hydrogens (tertiary/aromatic N) is 2. The first kappa shape index (κ1) is 21.5. The summed E-state index contributed by atoms with van der Waals surface area (Å²) >= 11 is 6.13. The van der Waals surface area contributed by atoms with E-state index in [1.54, 1.807) is 0 Å². The number of hydrogen-bond acceptors (Lipinski definition) is 2. The molecule has 1 heterocycles. The normalized spacial score (nSPS) is 11.4. The molecule has 0 spiro atoms. The summed E-state index contributed by atoms with van der Waals surface area (Å²) in [6.45, 7) is 10.2. The Labute approximate surface area is 189 Å². The Morgan fingerprint density at radius 3 is 2.26 bits per heavy atom. The van der Waals surface area contributed by atoms with E-state index in [9.17, 15) is 0 Å². The lowest BCUT2D eigenvalue weighted by atomic mass is 10.1. The van der Waals surface area contributed by atoms with Crippen molar-refractivity contribution in [2.75, 3.05) is 26.2 Å². The van der Waals surface area contributed by atoms with Gasteiger partial charge in [-0.3, -0.25) is 0 Å². The van der Waals surface area contributed by atoms with Gasteiger partial charge in [0.15, 0.2) is 0 Å². The van der Waals surface area contributed by atoms with E-state index in [2.05, 4.69) is 90.9 Å². The van der Waals surface area contributed by atoms with Gasteiger partial charge in [0.05, 0.1) is 11.2 Å². The number of ether oxygens (including phenoxy) is 1. The van der Waals surface area contributed by atoms with Gasteiger partial charge in [-0.15, -0.1) is 0 Å². The first-order chi connectivity index (χ1) is 15.1. The molecule has 31 heavy (non-hydrogen) atoms. The van der Waals surface area contributed by atoms with Crippen molar-refractivity contribution < 1.29 is 4.74 Å². The standard InChI is InChI=1S/C27H29ClN2O/c1-4-29(5-2)16-17-31-25-13-11-24(12-14-25)30-26-15-6-20(3)18-22(26)19-27(30)21-7-9-23(28)10-8-21/h6-15,18-19H,4-5,16-17H2,1-3H3. The van der Waals surface area contributed by atoms with Crippen molar-refractivity contribution in [1.29, 1.82) is 0 Å². The zero-order chi connectivity index (χ0) is 21.8. The highest BCUT2D eigenvalue weighted by atomic mass is 35.5. The number of aryl methyl sites for hydroxylation is 1. The molecule has 4 aromatic rings. The van der Waals surface area contributed by atoms with Crippen LogP contribution in [0.4, 0.5) is 0 Å². The average molecular weight is 433 g/mol. The molecule has 0 unspecified atom stereocenters. The number of aromatic nitrogens is 1. The summed E-state index contributed by atoms with van der Waals surface area (Å²) in [5, 5.41) is 1.97. The lowest BCUT2D eigenvalue weighted by Gasteiger charge is -2.18. The van der Waals surface area contributed by atoms with Crippen LogP contribution >= 0.6 is 11.6 Å². The maximum absolute atomic E-state index is 6.13. The molecule has 0 N–H and O–H groups in total. The van der Waals surface area contributed by atoms with E-state index in [1.165, 1.54) is 16.5 Å². The molecule has 1 aromatic heterocycles. The second kappa shape index (κ2) is 9.59. The van der Waals surface area contributed by atoms with Gasteiger partial charge in [-0.05, 0) is 80.2 Å². The van der Waals surface area contributed by atoms with Crippen molar-refractivity contribution in [3.63, 3.8) is 0 Å². The molecule has 0 radical (unpaired) electrons. The summed E-state index contributed by atoms with van der Waals surface area (Å²) < 4.78 is 8.28. The molecule has 4 heteroatoms. The van der Waals surface area contributed by atoms with E-state index in [0.29, 0.717) is 6.61 Å². The summed E-state index contributed by atoms with van der Waals surface area (Å²) in [4.78, 5) is 2.36. The van der Waals surface area contributed by atoms with Crippen molar-refractivity contribution >= 4 is 22.5 Å². The number of benzene rings is 3. The third-order valence-corrected chi connectivity index (χ3v) is 6.01. The molecular formula is C27H29ClN2O. The van der Waals surface area contributed by atoms with Gasteiger partial charge in [-0.1, -0.05) is 49.2 Å². The van der Waals surface area contributed by atoms with E-state index >= 15 is 0 Å². The highest BCUT2D eigenvalue weighted by Crippen LogP contribution is 2.33. The van der Waals surface area contributed by atoms with Crippen molar-refractivity contribution in [3.8, 4) is 22.7 Å². The third-order valence-electron chi connectivity index (χ3n) is 5.76. The number of hydrogen-bond donors (Lipinski definition) is 0. The Kier molecular flexibility index (Phi) is 6.64. The van der Waals surface area contributed by atoms with E-state index in [-0.39, 0.29) is 0 Å². The van der Waals surface area contributed by atoms with Crippen LogP contribution in [0, 0.1) is 6.92 Å². The van der Waals surface area contributed by atoms with Gasteiger partial charge in [-0.25, -0.2) is 0 Å².